The zero-order chi connectivity index (χ0) is 13.7. The molecule has 2 rings (SSSR count). The van der Waals surface area contributed by atoms with Gasteiger partial charge in [-0.3, -0.25) is 8.89 Å². The Labute approximate surface area is 123 Å². The van der Waals surface area contributed by atoms with Gasteiger partial charge in [0.25, 0.3) is 0 Å². The van der Waals surface area contributed by atoms with E-state index in [1.54, 1.807) is 10.9 Å². The molecule has 6 heteroatoms. The third kappa shape index (κ3) is 4.56. The van der Waals surface area contributed by atoms with E-state index in [0.717, 1.165) is 15.6 Å². The van der Waals surface area contributed by atoms with Crippen LogP contribution in [0.2, 0.25) is 0 Å². The van der Waals surface area contributed by atoms with Gasteiger partial charge in [-0.15, -0.1) is 0 Å². The number of hydrogen-bond acceptors (Lipinski definition) is 3. The van der Waals surface area contributed by atoms with Crippen LogP contribution in [0.15, 0.2) is 41.1 Å². The second-order valence-electron chi connectivity index (χ2n) is 4.18. The Morgan fingerprint density at radius 3 is 2.53 bits per heavy atom. The number of hydrogen-bond donors (Lipinski definition) is 1. The number of benzene rings is 1. The molecule has 1 unspecified atom stereocenters. The summed E-state index contributed by atoms with van der Waals surface area (Å²) in [5, 5.41) is 13.1. The standard InChI is InChI=1S/C13H15BrN2O2S/c14-13-7-15-16(8-13)5-6-19(18)10-12-3-1-11(9-17)2-4-12/h1-4,7-8,17H,5-6,9-10H2. The van der Waals surface area contributed by atoms with Crippen LogP contribution in [0.3, 0.4) is 0 Å². The summed E-state index contributed by atoms with van der Waals surface area (Å²) < 4.78 is 14.7. The number of nitrogens with zero attached hydrogens (tertiary/aromatic N) is 2. The predicted octanol–water partition coefficient (Wildman–Crippen LogP) is 2.09. The summed E-state index contributed by atoms with van der Waals surface area (Å²) in [5.41, 5.74) is 1.90. The van der Waals surface area contributed by atoms with Crippen LogP contribution >= 0.6 is 15.9 Å². The van der Waals surface area contributed by atoms with Crippen LogP contribution in [0.4, 0.5) is 0 Å². The molecule has 1 heterocycles. The van der Waals surface area contributed by atoms with Gasteiger partial charge in [0, 0.05) is 28.5 Å². The van der Waals surface area contributed by atoms with Crippen molar-refractivity contribution >= 4 is 26.7 Å². The Morgan fingerprint density at radius 2 is 1.95 bits per heavy atom. The van der Waals surface area contributed by atoms with Crippen molar-refractivity contribution in [1.82, 2.24) is 9.78 Å². The number of aliphatic hydroxyl groups is 1. The third-order valence-corrected chi connectivity index (χ3v) is 4.39. The normalized spacial score (nSPS) is 12.5. The Hall–Kier alpha value is -0.980. The minimum Gasteiger partial charge on any atom is -0.392 e. The quantitative estimate of drug-likeness (QED) is 0.874. The fourth-order valence-electron chi connectivity index (χ4n) is 1.65. The van der Waals surface area contributed by atoms with Crippen LogP contribution in [0, 0.1) is 0 Å². The van der Waals surface area contributed by atoms with E-state index in [0.29, 0.717) is 18.1 Å². The summed E-state index contributed by atoms with van der Waals surface area (Å²) in [7, 11) is -0.909. The topological polar surface area (TPSA) is 55.1 Å². The average Bonchev–Trinajstić information content (AvgIpc) is 2.83. The van der Waals surface area contributed by atoms with Crippen molar-refractivity contribution in [2.45, 2.75) is 18.9 Å². The van der Waals surface area contributed by atoms with E-state index in [9.17, 15) is 4.21 Å². The fraction of sp³-hybridized carbons (Fsp3) is 0.308. The maximum atomic E-state index is 12.0. The van der Waals surface area contributed by atoms with Gasteiger partial charge in [0.2, 0.25) is 0 Å². The zero-order valence-electron chi connectivity index (χ0n) is 10.3. The maximum absolute atomic E-state index is 12.0. The van der Waals surface area contributed by atoms with Gasteiger partial charge in [-0.1, -0.05) is 24.3 Å². The van der Waals surface area contributed by atoms with Gasteiger partial charge in [-0.05, 0) is 27.1 Å². The van der Waals surface area contributed by atoms with Crippen molar-refractivity contribution in [1.29, 1.82) is 0 Å². The number of halogens is 1. The van der Waals surface area contributed by atoms with Crippen LogP contribution in [-0.2, 0) is 29.7 Å². The Morgan fingerprint density at radius 1 is 1.26 bits per heavy atom. The minimum absolute atomic E-state index is 0.0392. The summed E-state index contributed by atoms with van der Waals surface area (Å²) in [6, 6.07) is 7.54. The number of aliphatic hydroxyl groups excluding tert-OH is 1. The van der Waals surface area contributed by atoms with E-state index in [1.165, 1.54) is 0 Å². The van der Waals surface area contributed by atoms with Gasteiger partial charge in [0.15, 0.2) is 0 Å². The molecule has 0 fully saturated rings. The highest BCUT2D eigenvalue weighted by molar-refractivity contribution is 9.10. The number of aryl methyl sites for hydroxylation is 1. The van der Waals surface area contributed by atoms with Gasteiger partial charge < -0.3 is 5.11 Å². The molecule has 0 radical (unpaired) electrons. The molecule has 102 valence electrons. The monoisotopic (exact) mass is 342 g/mol. The van der Waals surface area contributed by atoms with E-state index in [4.69, 9.17) is 5.11 Å². The van der Waals surface area contributed by atoms with Gasteiger partial charge in [0.05, 0.1) is 23.8 Å². The van der Waals surface area contributed by atoms with E-state index < -0.39 is 10.8 Å². The molecular formula is C13H15BrN2O2S. The van der Waals surface area contributed by atoms with Crippen molar-refractivity contribution in [3.63, 3.8) is 0 Å². The van der Waals surface area contributed by atoms with Gasteiger partial charge >= 0.3 is 0 Å². The molecule has 0 aliphatic carbocycles. The summed E-state index contributed by atoms with van der Waals surface area (Å²) in [6.07, 6.45) is 3.59. The summed E-state index contributed by atoms with van der Waals surface area (Å²) in [5.74, 6) is 1.12. The van der Waals surface area contributed by atoms with Crippen molar-refractivity contribution in [2.75, 3.05) is 5.75 Å². The third-order valence-electron chi connectivity index (χ3n) is 2.68. The molecule has 19 heavy (non-hydrogen) atoms. The highest BCUT2D eigenvalue weighted by atomic mass is 79.9. The van der Waals surface area contributed by atoms with Crippen molar-refractivity contribution in [2.24, 2.45) is 0 Å². The minimum atomic E-state index is -0.909. The molecule has 4 nitrogen and oxygen atoms in total. The molecule has 1 N–H and O–H groups in total. The molecule has 1 aromatic heterocycles. The molecule has 0 saturated carbocycles. The fourth-order valence-corrected chi connectivity index (χ4v) is 3.08. The van der Waals surface area contributed by atoms with Gasteiger partial charge in [-0.2, -0.15) is 5.10 Å². The van der Waals surface area contributed by atoms with Crippen LogP contribution in [-0.4, -0.2) is 24.8 Å². The molecule has 0 aliphatic heterocycles. The van der Waals surface area contributed by atoms with Crippen LogP contribution in [0.1, 0.15) is 11.1 Å². The molecule has 0 spiro atoms. The van der Waals surface area contributed by atoms with Crippen LogP contribution in [0.5, 0.6) is 0 Å². The van der Waals surface area contributed by atoms with E-state index >= 15 is 0 Å². The van der Waals surface area contributed by atoms with E-state index in [-0.39, 0.29) is 6.61 Å². The van der Waals surface area contributed by atoms with Gasteiger partial charge in [0.1, 0.15) is 0 Å². The Balaban J connectivity index is 1.83. The number of aromatic nitrogens is 2. The van der Waals surface area contributed by atoms with Crippen molar-refractivity contribution in [3.05, 3.63) is 52.3 Å². The summed E-state index contributed by atoms with van der Waals surface area (Å²) in [6.45, 7) is 0.685. The lowest BCUT2D eigenvalue weighted by Crippen LogP contribution is -2.09. The highest BCUT2D eigenvalue weighted by Crippen LogP contribution is 2.09. The first kappa shape index (κ1) is 14.4. The summed E-state index contributed by atoms with van der Waals surface area (Å²) in [4.78, 5) is 0. The first-order valence-electron chi connectivity index (χ1n) is 5.89. The smallest absolute Gasteiger partial charge is 0.0681 e. The van der Waals surface area contributed by atoms with Crippen LogP contribution < -0.4 is 0 Å². The lowest BCUT2D eigenvalue weighted by Gasteiger charge is -2.04. The molecule has 2 aromatic rings. The highest BCUT2D eigenvalue weighted by Gasteiger charge is 2.03. The van der Waals surface area contributed by atoms with Crippen LogP contribution in [0.25, 0.3) is 0 Å². The molecule has 0 saturated heterocycles. The van der Waals surface area contributed by atoms with Crippen molar-refractivity contribution in [3.8, 4) is 0 Å². The van der Waals surface area contributed by atoms with Crippen molar-refractivity contribution < 1.29 is 9.32 Å². The first-order chi connectivity index (χ1) is 9.17. The second-order valence-corrected chi connectivity index (χ2v) is 6.68. The maximum Gasteiger partial charge on any atom is 0.0681 e. The molecule has 0 aliphatic rings. The lowest BCUT2D eigenvalue weighted by molar-refractivity contribution is 0.282. The zero-order valence-corrected chi connectivity index (χ0v) is 12.7. The Bertz CT molecular complexity index is 554. The second kappa shape index (κ2) is 6.98. The van der Waals surface area contributed by atoms with Gasteiger partial charge in [-0.25, -0.2) is 0 Å². The molecule has 0 bridgehead atoms. The predicted molar refractivity (Wildman–Crippen MR) is 79.0 cm³/mol. The largest absolute Gasteiger partial charge is 0.392 e. The van der Waals surface area contributed by atoms with E-state index in [1.807, 2.05) is 30.5 Å². The lowest BCUT2D eigenvalue weighted by atomic mass is 10.2. The molecule has 0 amide bonds. The molecule has 1 atom stereocenters. The number of rotatable bonds is 6. The summed E-state index contributed by atoms with van der Waals surface area (Å²) >= 11 is 3.33. The Kier molecular flexibility index (Phi) is 5.30. The average molecular weight is 343 g/mol. The first-order valence-corrected chi connectivity index (χ1v) is 8.17. The molecular weight excluding hydrogens is 328 g/mol. The SMILES string of the molecule is O=S(CCn1cc(Br)cn1)Cc1ccc(CO)cc1. The molecule has 1 aromatic carbocycles. The van der Waals surface area contributed by atoms with E-state index in [2.05, 4.69) is 21.0 Å².